The van der Waals surface area contributed by atoms with Gasteiger partial charge in [-0.3, -0.25) is 4.98 Å². The number of halogens is 1. The van der Waals surface area contributed by atoms with Crippen LogP contribution in [0.3, 0.4) is 0 Å². The topological polar surface area (TPSA) is 43.6 Å². The van der Waals surface area contributed by atoms with Gasteiger partial charge < -0.3 is 0 Å². The molecule has 1 aromatic carbocycles. The molecule has 0 saturated carbocycles. The zero-order chi connectivity index (χ0) is 11.0. The summed E-state index contributed by atoms with van der Waals surface area (Å²) >= 11 is 3.43. The molecule has 0 radical (unpaired) electrons. The van der Waals surface area contributed by atoms with Crippen molar-refractivity contribution in [1.82, 2.24) is 20.0 Å². The molecule has 0 aliphatic rings. The molecule has 0 amide bonds. The third kappa shape index (κ3) is 1.49. The number of rotatable bonds is 1. The minimum Gasteiger partial charge on any atom is -0.256 e. The van der Waals surface area contributed by atoms with Gasteiger partial charge in [0, 0.05) is 16.1 Å². The number of hydrogen-bond donors (Lipinski definition) is 0. The molecular formula is C11H7BrN4. The van der Waals surface area contributed by atoms with Gasteiger partial charge in [-0.15, -0.1) is 5.10 Å². The smallest absolute Gasteiger partial charge is 0.0772 e. The van der Waals surface area contributed by atoms with Crippen molar-refractivity contribution < 1.29 is 0 Å². The van der Waals surface area contributed by atoms with Crippen molar-refractivity contribution in [3.63, 3.8) is 0 Å². The SMILES string of the molecule is Brc1ccc2c(-n3ccnn3)ccnc2c1. The average Bonchev–Trinajstić information content (AvgIpc) is 2.81. The van der Waals surface area contributed by atoms with Gasteiger partial charge in [0.1, 0.15) is 0 Å². The van der Waals surface area contributed by atoms with E-state index < -0.39 is 0 Å². The fraction of sp³-hybridized carbons (Fsp3) is 0. The lowest BCUT2D eigenvalue weighted by Crippen LogP contribution is -1.96. The molecule has 4 nitrogen and oxygen atoms in total. The molecule has 3 aromatic rings. The van der Waals surface area contributed by atoms with E-state index in [4.69, 9.17) is 0 Å². The van der Waals surface area contributed by atoms with Gasteiger partial charge in [0.05, 0.1) is 23.6 Å². The Morgan fingerprint density at radius 1 is 1.12 bits per heavy atom. The summed E-state index contributed by atoms with van der Waals surface area (Å²) in [6.45, 7) is 0. The van der Waals surface area contributed by atoms with E-state index in [1.807, 2.05) is 30.5 Å². The largest absolute Gasteiger partial charge is 0.256 e. The van der Waals surface area contributed by atoms with Crippen molar-refractivity contribution in [2.75, 3.05) is 0 Å². The lowest BCUT2D eigenvalue weighted by molar-refractivity contribution is 0.807. The molecule has 0 spiro atoms. The molecule has 78 valence electrons. The van der Waals surface area contributed by atoms with Crippen LogP contribution < -0.4 is 0 Å². The molecule has 0 saturated heterocycles. The summed E-state index contributed by atoms with van der Waals surface area (Å²) in [4.78, 5) is 4.32. The van der Waals surface area contributed by atoms with Crippen molar-refractivity contribution in [3.05, 3.63) is 47.3 Å². The van der Waals surface area contributed by atoms with Crippen LogP contribution in [0, 0.1) is 0 Å². The number of benzene rings is 1. The predicted octanol–water partition coefficient (Wildman–Crippen LogP) is 2.58. The second-order valence-corrected chi connectivity index (χ2v) is 4.25. The highest BCUT2D eigenvalue weighted by molar-refractivity contribution is 9.10. The molecule has 2 aromatic heterocycles. The Balaban J connectivity index is 2.34. The minimum atomic E-state index is 0.933. The van der Waals surface area contributed by atoms with Crippen molar-refractivity contribution in [1.29, 1.82) is 0 Å². The average molecular weight is 275 g/mol. The van der Waals surface area contributed by atoms with E-state index in [0.29, 0.717) is 0 Å². The minimum absolute atomic E-state index is 0.933. The van der Waals surface area contributed by atoms with Gasteiger partial charge in [0.2, 0.25) is 0 Å². The monoisotopic (exact) mass is 274 g/mol. The lowest BCUT2D eigenvalue weighted by Gasteiger charge is -2.05. The summed E-state index contributed by atoms with van der Waals surface area (Å²) in [6, 6.07) is 7.91. The summed E-state index contributed by atoms with van der Waals surface area (Å²) in [5.41, 5.74) is 1.91. The Bertz CT molecular complexity index is 634. The van der Waals surface area contributed by atoms with Crippen LogP contribution in [0.2, 0.25) is 0 Å². The highest BCUT2D eigenvalue weighted by Crippen LogP contribution is 2.22. The third-order valence-electron chi connectivity index (χ3n) is 2.35. The van der Waals surface area contributed by atoms with Gasteiger partial charge in [0.15, 0.2) is 0 Å². The molecule has 5 heteroatoms. The van der Waals surface area contributed by atoms with Crippen molar-refractivity contribution in [2.24, 2.45) is 0 Å². The van der Waals surface area contributed by atoms with Crippen LogP contribution in [0.4, 0.5) is 0 Å². The van der Waals surface area contributed by atoms with Gasteiger partial charge in [-0.1, -0.05) is 21.1 Å². The summed E-state index contributed by atoms with van der Waals surface area (Å²) in [7, 11) is 0. The van der Waals surface area contributed by atoms with E-state index in [0.717, 1.165) is 21.1 Å². The van der Waals surface area contributed by atoms with Crippen LogP contribution in [0.15, 0.2) is 47.3 Å². The Morgan fingerprint density at radius 3 is 2.88 bits per heavy atom. The van der Waals surface area contributed by atoms with Gasteiger partial charge in [0.25, 0.3) is 0 Å². The number of fused-ring (bicyclic) bond motifs is 1. The summed E-state index contributed by atoms with van der Waals surface area (Å²) in [5.74, 6) is 0. The highest BCUT2D eigenvalue weighted by atomic mass is 79.9. The van der Waals surface area contributed by atoms with Gasteiger partial charge in [-0.05, 0) is 24.3 Å². The summed E-state index contributed by atoms with van der Waals surface area (Å²) in [6.07, 6.45) is 5.24. The van der Waals surface area contributed by atoms with Crippen LogP contribution in [0.5, 0.6) is 0 Å². The zero-order valence-corrected chi connectivity index (χ0v) is 9.79. The first-order chi connectivity index (χ1) is 7.84. The highest BCUT2D eigenvalue weighted by Gasteiger charge is 2.04. The first-order valence-corrected chi connectivity index (χ1v) is 5.55. The van der Waals surface area contributed by atoms with E-state index in [9.17, 15) is 0 Å². The van der Waals surface area contributed by atoms with E-state index in [2.05, 4.69) is 31.2 Å². The van der Waals surface area contributed by atoms with Gasteiger partial charge >= 0.3 is 0 Å². The quantitative estimate of drug-likeness (QED) is 0.685. The molecule has 0 N–H and O–H groups in total. The lowest BCUT2D eigenvalue weighted by atomic mass is 10.2. The normalized spacial score (nSPS) is 10.8. The van der Waals surface area contributed by atoms with Crippen molar-refractivity contribution in [3.8, 4) is 5.69 Å². The fourth-order valence-electron chi connectivity index (χ4n) is 1.64. The second-order valence-electron chi connectivity index (χ2n) is 3.34. The first kappa shape index (κ1) is 9.47. The molecule has 16 heavy (non-hydrogen) atoms. The first-order valence-electron chi connectivity index (χ1n) is 4.75. The van der Waals surface area contributed by atoms with Crippen molar-refractivity contribution >= 4 is 26.8 Å². The molecule has 0 fully saturated rings. The number of aromatic nitrogens is 4. The van der Waals surface area contributed by atoms with Crippen LogP contribution in [0.1, 0.15) is 0 Å². The standard InChI is InChI=1S/C11H7BrN4/c12-8-1-2-9-10(7-8)13-4-3-11(9)16-6-5-14-15-16/h1-7H. The maximum Gasteiger partial charge on any atom is 0.0772 e. The van der Waals surface area contributed by atoms with Crippen LogP contribution in [0.25, 0.3) is 16.6 Å². The van der Waals surface area contributed by atoms with Crippen LogP contribution in [-0.2, 0) is 0 Å². The van der Waals surface area contributed by atoms with E-state index in [1.165, 1.54) is 0 Å². The molecule has 0 unspecified atom stereocenters. The number of hydrogen-bond acceptors (Lipinski definition) is 3. The summed E-state index contributed by atoms with van der Waals surface area (Å²) < 4.78 is 2.75. The molecule has 0 aliphatic carbocycles. The maximum atomic E-state index is 4.32. The molecule has 3 rings (SSSR count). The molecule has 0 bridgehead atoms. The van der Waals surface area contributed by atoms with Crippen LogP contribution in [-0.4, -0.2) is 20.0 Å². The Labute approximate surface area is 100 Å². The second kappa shape index (κ2) is 3.68. The molecule has 2 heterocycles. The molecule has 0 atom stereocenters. The van der Waals surface area contributed by atoms with E-state index in [1.54, 1.807) is 17.1 Å². The Hall–Kier alpha value is -1.75. The molecule has 0 aliphatic heterocycles. The van der Waals surface area contributed by atoms with E-state index in [-0.39, 0.29) is 0 Å². The Kier molecular flexibility index (Phi) is 2.18. The van der Waals surface area contributed by atoms with Crippen molar-refractivity contribution in [2.45, 2.75) is 0 Å². The fourth-order valence-corrected chi connectivity index (χ4v) is 1.99. The van der Waals surface area contributed by atoms with Gasteiger partial charge in [-0.2, -0.15) is 0 Å². The maximum absolute atomic E-state index is 4.32. The molecular weight excluding hydrogens is 268 g/mol. The number of pyridine rings is 1. The van der Waals surface area contributed by atoms with E-state index >= 15 is 0 Å². The predicted molar refractivity (Wildman–Crippen MR) is 64.4 cm³/mol. The third-order valence-corrected chi connectivity index (χ3v) is 2.84. The van der Waals surface area contributed by atoms with Crippen LogP contribution >= 0.6 is 15.9 Å². The Morgan fingerprint density at radius 2 is 2.06 bits per heavy atom. The zero-order valence-electron chi connectivity index (χ0n) is 8.21. The summed E-state index contributed by atoms with van der Waals surface area (Å²) in [5, 5.41) is 8.84. The number of nitrogens with zero attached hydrogens (tertiary/aromatic N) is 4. The van der Waals surface area contributed by atoms with Gasteiger partial charge in [-0.25, -0.2) is 4.68 Å².